The topological polar surface area (TPSA) is 26.3 Å². The van der Waals surface area contributed by atoms with Crippen molar-refractivity contribution in [1.29, 1.82) is 0 Å². The van der Waals surface area contributed by atoms with Gasteiger partial charge in [-0.2, -0.15) is 0 Å². The van der Waals surface area contributed by atoms with Crippen LogP contribution in [0.5, 0.6) is 0 Å². The van der Waals surface area contributed by atoms with Gasteiger partial charge in [-0.05, 0) is 50.6 Å². The molecule has 2 aromatic carbocycles. The number of rotatable bonds is 2. The molecule has 22 heavy (non-hydrogen) atoms. The Hall–Kier alpha value is -2.24. The fourth-order valence-corrected chi connectivity index (χ4v) is 2.25. The normalized spacial score (nSPS) is 10.9. The maximum atomic E-state index is 12.0. The lowest BCUT2D eigenvalue weighted by molar-refractivity contribution is 0.00696. The number of ether oxygens (including phenoxy) is 1. The molecule has 2 rings (SSSR count). The van der Waals surface area contributed by atoms with Crippen molar-refractivity contribution in [3.63, 3.8) is 0 Å². The Morgan fingerprint density at radius 1 is 1.14 bits per heavy atom. The zero-order valence-electron chi connectivity index (χ0n) is 12.8. The molecule has 0 aliphatic rings. The molecule has 2 aromatic rings. The SMILES string of the molecule is C#Cc1ccc(-c2ccc(C(=O)OC(C)(C)C)cc2)c(Cl)c1. The summed E-state index contributed by atoms with van der Waals surface area (Å²) < 4.78 is 5.34. The molecule has 0 aliphatic heterocycles. The van der Waals surface area contributed by atoms with Gasteiger partial charge < -0.3 is 4.74 Å². The maximum Gasteiger partial charge on any atom is 0.338 e. The van der Waals surface area contributed by atoms with Crippen LogP contribution in [-0.4, -0.2) is 11.6 Å². The van der Waals surface area contributed by atoms with E-state index in [4.69, 9.17) is 22.8 Å². The second-order valence-electron chi connectivity index (χ2n) is 5.92. The van der Waals surface area contributed by atoms with Crippen molar-refractivity contribution in [3.05, 3.63) is 58.6 Å². The highest BCUT2D eigenvalue weighted by molar-refractivity contribution is 6.33. The molecule has 112 valence electrons. The second kappa shape index (κ2) is 6.25. The summed E-state index contributed by atoms with van der Waals surface area (Å²) in [6, 6.07) is 12.6. The molecular formula is C19H17ClO2. The van der Waals surface area contributed by atoms with Crippen molar-refractivity contribution in [1.82, 2.24) is 0 Å². The zero-order chi connectivity index (χ0) is 16.3. The monoisotopic (exact) mass is 312 g/mol. The van der Waals surface area contributed by atoms with E-state index in [1.807, 2.05) is 45.0 Å². The number of halogens is 1. The molecular weight excluding hydrogens is 296 g/mol. The van der Waals surface area contributed by atoms with Crippen LogP contribution >= 0.6 is 11.6 Å². The Morgan fingerprint density at radius 2 is 1.77 bits per heavy atom. The van der Waals surface area contributed by atoms with E-state index < -0.39 is 5.60 Å². The summed E-state index contributed by atoms with van der Waals surface area (Å²) in [5.74, 6) is 2.21. The highest BCUT2D eigenvalue weighted by Crippen LogP contribution is 2.29. The van der Waals surface area contributed by atoms with Gasteiger partial charge in [-0.3, -0.25) is 0 Å². The highest BCUT2D eigenvalue weighted by Gasteiger charge is 2.17. The van der Waals surface area contributed by atoms with E-state index in [0.717, 1.165) is 16.7 Å². The van der Waals surface area contributed by atoms with Gasteiger partial charge in [0.2, 0.25) is 0 Å². The number of benzene rings is 2. The molecule has 3 heteroatoms. The van der Waals surface area contributed by atoms with Crippen LogP contribution in [0.25, 0.3) is 11.1 Å². The fraction of sp³-hybridized carbons (Fsp3) is 0.211. The van der Waals surface area contributed by atoms with E-state index in [0.29, 0.717) is 10.6 Å². The molecule has 0 amide bonds. The Balaban J connectivity index is 2.26. The van der Waals surface area contributed by atoms with E-state index in [9.17, 15) is 4.79 Å². The van der Waals surface area contributed by atoms with Crippen molar-refractivity contribution in [2.45, 2.75) is 26.4 Å². The first-order valence-corrected chi connectivity index (χ1v) is 7.28. The lowest BCUT2D eigenvalue weighted by Crippen LogP contribution is -2.23. The van der Waals surface area contributed by atoms with Crippen LogP contribution in [0, 0.1) is 12.3 Å². The van der Waals surface area contributed by atoms with Crippen molar-refractivity contribution in [3.8, 4) is 23.5 Å². The van der Waals surface area contributed by atoms with E-state index in [1.165, 1.54) is 0 Å². The summed E-state index contributed by atoms with van der Waals surface area (Å²) in [7, 11) is 0. The Morgan fingerprint density at radius 3 is 2.27 bits per heavy atom. The Bertz CT molecular complexity index is 732. The van der Waals surface area contributed by atoms with Gasteiger partial charge in [0, 0.05) is 16.1 Å². The van der Waals surface area contributed by atoms with E-state index in [1.54, 1.807) is 18.2 Å². The number of esters is 1. The van der Waals surface area contributed by atoms with Crippen molar-refractivity contribution in [2.24, 2.45) is 0 Å². The summed E-state index contributed by atoms with van der Waals surface area (Å²) in [6.45, 7) is 5.52. The third-order valence-corrected chi connectivity index (χ3v) is 3.28. The van der Waals surface area contributed by atoms with E-state index in [2.05, 4.69) is 5.92 Å². The standard InChI is InChI=1S/C19H17ClO2/c1-5-13-6-11-16(17(20)12-13)14-7-9-15(10-8-14)18(21)22-19(2,3)4/h1,6-12H,2-4H3. The molecule has 0 aliphatic carbocycles. The number of hydrogen-bond donors (Lipinski definition) is 0. The number of hydrogen-bond acceptors (Lipinski definition) is 2. The molecule has 0 heterocycles. The quantitative estimate of drug-likeness (QED) is 0.579. The summed E-state index contributed by atoms with van der Waals surface area (Å²) in [5, 5.41) is 0.584. The van der Waals surface area contributed by atoms with Crippen molar-refractivity contribution < 1.29 is 9.53 Å². The van der Waals surface area contributed by atoms with Gasteiger partial charge in [0.25, 0.3) is 0 Å². The minimum absolute atomic E-state index is 0.340. The molecule has 0 spiro atoms. The maximum absolute atomic E-state index is 12.0. The minimum atomic E-state index is -0.510. The first-order chi connectivity index (χ1) is 10.3. The molecule has 0 fully saturated rings. The van der Waals surface area contributed by atoms with E-state index in [-0.39, 0.29) is 5.97 Å². The zero-order valence-corrected chi connectivity index (χ0v) is 13.6. The van der Waals surface area contributed by atoms with Gasteiger partial charge in [0.1, 0.15) is 5.60 Å². The molecule has 0 bridgehead atoms. The first-order valence-electron chi connectivity index (χ1n) is 6.90. The third-order valence-electron chi connectivity index (χ3n) is 2.97. The van der Waals surface area contributed by atoms with Crippen LogP contribution in [0.3, 0.4) is 0 Å². The van der Waals surface area contributed by atoms with Crippen LogP contribution in [0.15, 0.2) is 42.5 Å². The third kappa shape index (κ3) is 3.90. The van der Waals surface area contributed by atoms with Gasteiger partial charge in [0.15, 0.2) is 0 Å². The predicted molar refractivity (Wildman–Crippen MR) is 90.0 cm³/mol. The van der Waals surface area contributed by atoms with Crippen LogP contribution < -0.4 is 0 Å². The number of carbonyl (C=O) groups is 1. The summed E-state index contributed by atoms with van der Waals surface area (Å²) >= 11 is 6.24. The van der Waals surface area contributed by atoms with Crippen LogP contribution in [0.2, 0.25) is 5.02 Å². The summed E-state index contributed by atoms with van der Waals surface area (Å²) in [4.78, 5) is 12.0. The van der Waals surface area contributed by atoms with Gasteiger partial charge in [-0.15, -0.1) is 6.42 Å². The largest absolute Gasteiger partial charge is 0.456 e. The molecule has 0 aromatic heterocycles. The van der Waals surface area contributed by atoms with Crippen LogP contribution in [-0.2, 0) is 4.74 Å². The Labute approximate surface area is 136 Å². The number of carbonyl (C=O) groups excluding carboxylic acids is 1. The number of terminal acetylenes is 1. The first kappa shape index (κ1) is 16.1. The average molecular weight is 313 g/mol. The van der Waals surface area contributed by atoms with Gasteiger partial charge in [0.05, 0.1) is 5.56 Å². The van der Waals surface area contributed by atoms with E-state index >= 15 is 0 Å². The highest BCUT2D eigenvalue weighted by atomic mass is 35.5. The van der Waals surface area contributed by atoms with Crippen molar-refractivity contribution >= 4 is 17.6 Å². The predicted octanol–water partition coefficient (Wildman–Crippen LogP) is 4.94. The van der Waals surface area contributed by atoms with Gasteiger partial charge in [-0.1, -0.05) is 35.7 Å². The lowest BCUT2D eigenvalue weighted by Gasteiger charge is -2.19. The molecule has 0 saturated carbocycles. The summed E-state index contributed by atoms with van der Waals surface area (Å²) in [6.07, 6.45) is 5.35. The molecule has 0 saturated heterocycles. The smallest absolute Gasteiger partial charge is 0.338 e. The van der Waals surface area contributed by atoms with Gasteiger partial charge >= 0.3 is 5.97 Å². The molecule has 0 N–H and O–H groups in total. The van der Waals surface area contributed by atoms with Crippen LogP contribution in [0.1, 0.15) is 36.7 Å². The summed E-state index contributed by atoms with van der Waals surface area (Å²) in [5.41, 5.74) is 2.52. The van der Waals surface area contributed by atoms with Crippen LogP contribution in [0.4, 0.5) is 0 Å². The average Bonchev–Trinajstić information content (AvgIpc) is 2.45. The van der Waals surface area contributed by atoms with Gasteiger partial charge in [-0.25, -0.2) is 4.79 Å². The second-order valence-corrected chi connectivity index (χ2v) is 6.33. The molecule has 0 unspecified atom stereocenters. The van der Waals surface area contributed by atoms with Crippen molar-refractivity contribution in [2.75, 3.05) is 0 Å². The minimum Gasteiger partial charge on any atom is -0.456 e. The Kier molecular flexibility index (Phi) is 4.59. The molecule has 0 radical (unpaired) electrons. The molecule has 0 atom stereocenters. The fourth-order valence-electron chi connectivity index (χ4n) is 1.96. The molecule has 2 nitrogen and oxygen atoms in total. The lowest BCUT2D eigenvalue weighted by atomic mass is 10.0.